The lowest BCUT2D eigenvalue weighted by molar-refractivity contribution is 0.820. The molecule has 1 aliphatic heterocycles. The van der Waals surface area contributed by atoms with Gasteiger partial charge in [0, 0.05) is 6.21 Å². The smallest absolute Gasteiger partial charge is 0.195 e. The molecule has 0 aromatic heterocycles. The summed E-state index contributed by atoms with van der Waals surface area (Å²) in [6.07, 6.45) is 1.50. The molecule has 2 rings (SSSR count). The Balaban J connectivity index is 2.46. The summed E-state index contributed by atoms with van der Waals surface area (Å²) in [6, 6.07) is 11.7. The minimum atomic E-state index is -0.502. The zero-order valence-corrected chi connectivity index (χ0v) is 8.57. The molecule has 1 aliphatic rings. The number of alkyl halides is 1. The molecule has 4 heteroatoms. The number of hydrogen-bond donors (Lipinski definition) is 1. The van der Waals surface area contributed by atoms with E-state index in [1.807, 2.05) is 30.3 Å². The summed E-state index contributed by atoms with van der Waals surface area (Å²) in [4.78, 5) is 3.91. The molecule has 74 valence electrons. The zero-order valence-electron chi connectivity index (χ0n) is 7.81. The van der Waals surface area contributed by atoms with Gasteiger partial charge < -0.3 is 5.32 Å². The number of halogens is 1. The summed E-state index contributed by atoms with van der Waals surface area (Å²) in [5, 5.41) is 11.9. The molecule has 1 aromatic carbocycles. The Bertz CT molecular complexity index is 456. The third kappa shape index (κ3) is 2.00. The molecule has 0 amide bonds. The Morgan fingerprint density at radius 2 is 2.07 bits per heavy atom. The van der Waals surface area contributed by atoms with Crippen LogP contribution in [0.3, 0.4) is 0 Å². The fraction of sp³-hybridized carbons (Fsp3) is 0.0909. The van der Waals surface area contributed by atoms with Gasteiger partial charge in [0.15, 0.2) is 5.62 Å². The third-order valence-electron chi connectivity index (χ3n) is 2.05. The van der Waals surface area contributed by atoms with Crippen molar-refractivity contribution < 1.29 is 0 Å². The van der Waals surface area contributed by atoms with Crippen LogP contribution in [0.25, 0.3) is 5.70 Å². The number of hydrogen-bond acceptors (Lipinski definition) is 3. The normalized spacial score (nSPS) is 19.6. The van der Waals surface area contributed by atoms with Crippen molar-refractivity contribution in [3.05, 3.63) is 41.5 Å². The molecule has 0 aliphatic carbocycles. The predicted octanol–water partition coefficient (Wildman–Crippen LogP) is 2.12. The average Bonchev–Trinajstić information content (AvgIpc) is 2.30. The van der Waals surface area contributed by atoms with Gasteiger partial charge in [0.2, 0.25) is 0 Å². The number of nitrogens with one attached hydrogen (secondary N) is 1. The Morgan fingerprint density at radius 1 is 1.33 bits per heavy atom. The van der Waals surface area contributed by atoms with E-state index < -0.39 is 5.62 Å². The second kappa shape index (κ2) is 4.16. The number of aliphatic imine (C=N–C) groups is 1. The first-order valence-electron chi connectivity index (χ1n) is 4.45. The van der Waals surface area contributed by atoms with Crippen LogP contribution in [-0.4, -0.2) is 11.8 Å². The number of allylic oxidation sites excluding steroid dienone is 1. The summed E-state index contributed by atoms with van der Waals surface area (Å²) in [5.74, 6) is 0. The fourth-order valence-corrected chi connectivity index (χ4v) is 1.53. The van der Waals surface area contributed by atoms with Crippen molar-refractivity contribution in [2.24, 2.45) is 4.99 Å². The van der Waals surface area contributed by atoms with E-state index in [4.69, 9.17) is 16.9 Å². The number of benzene rings is 1. The molecule has 1 unspecified atom stereocenters. The van der Waals surface area contributed by atoms with Crippen LogP contribution in [0.2, 0.25) is 0 Å². The van der Waals surface area contributed by atoms with Crippen LogP contribution in [0.15, 0.2) is 40.9 Å². The maximum Gasteiger partial charge on any atom is 0.195 e. The monoisotopic (exact) mass is 217 g/mol. The van der Waals surface area contributed by atoms with E-state index >= 15 is 0 Å². The van der Waals surface area contributed by atoms with Crippen LogP contribution in [0.5, 0.6) is 0 Å². The van der Waals surface area contributed by atoms with Gasteiger partial charge in [-0.3, -0.25) is 4.99 Å². The molecule has 0 fully saturated rings. The topological polar surface area (TPSA) is 48.2 Å². The number of nitrogens with zero attached hydrogens (tertiary/aromatic N) is 2. The van der Waals surface area contributed by atoms with Crippen molar-refractivity contribution in [3.8, 4) is 6.07 Å². The van der Waals surface area contributed by atoms with E-state index in [0.717, 1.165) is 11.3 Å². The highest BCUT2D eigenvalue weighted by Crippen LogP contribution is 2.19. The van der Waals surface area contributed by atoms with E-state index in [2.05, 4.69) is 16.4 Å². The maximum atomic E-state index is 8.93. The van der Waals surface area contributed by atoms with Crippen LogP contribution in [0.1, 0.15) is 5.56 Å². The van der Waals surface area contributed by atoms with Crippen molar-refractivity contribution in [2.45, 2.75) is 5.62 Å². The van der Waals surface area contributed by atoms with Crippen molar-refractivity contribution >= 4 is 23.5 Å². The van der Waals surface area contributed by atoms with Gasteiger partial charge in [-0.15, -0.1) is 0 Å². The van der Waals surface area contributed by atoms with Crippen molar-refractivity contribution in [1.29, 1.82) is 5.26 Å². The largest absolute Gasteiger partial charge is 0.350 e. The van der Waals surface area contributed by atoms with Crippen LogP contribution in [0, 0.1) is 11.3 Å². The second-order valence-electron chi connectivity index (χ2n) is 3.02. The van der Waals surface area contributed by atoms with E-state index in [1.54, 1.807) is 0 Å². The van der Waals surface area contributed by atoms with E-state index in [9.17, 15) is 0 Å². The molecule has 0 spiro atoms. The molecule has 0 saturated carbocycles. The van der Waals surface area contributed by atoms with Crippen molar-refractivity contribution in [1.82, 2.24) is 5.32 Å². The summed E-state index contributed by atoms with van der Waals surface area (Å²) in [6.45, 7) is 0. The molecule has 1 N–H and O–H groups in total. The third-order valence-corrected chi connectivity index (χ3v) is 2.27. The Hall–Kier alpha value is -1.79. The Morgan fingerprint density at radius 3 is 2.73 bits per heavy atom. The minimum Gasteiger partial charge on any atom is -0.350 e. The van der Waals surface area contributed by atoms with Gasteiger partial charge in [0.1, 0.15) is 6.07 Å². The highest BCUT2D eigenvalue weighted by atomic mass is 35.5. The zero-order chi connectivity index (χ0) is 10.7. The minimum absolute atomic E-state index is 0.498. The van der Waals surface area contributed by atoms with Crippen LogP contribution in [0.4, 0.5) is 0 Å². The van der Waals surface area contributed by atoms with Crippen molar-refractivity contribution in [3.63, 3.8) is 0 Å². The molecule has 15 heavy (non-hydrogen) atoms. The quantitative estimate of drug-likeness (QED) is 0.579. The standard InChI is InChI=1S/C11H8ClN3/c12-11-14-7-9(6-13)10(15-11)8-4-2-1-3-5-8/h1-5,7,11,15H. The van der Waals surface area contributed by atoms with Gasteiger partial charge in [-0.05, 0) is 5.56 Å². The Labute approximate surface area is 92.7 Å². The van der Waals surface area contributed by atoms with E-state index in [1.165, 1.54) is 6.21 Å². The van der Waals surface area contributed by atoms with Gasteiger partial charge in [-0.1, -0.05) is 41.9 Å². The fourth-order valence-electron chi connectivity index (χ4n) is 1.37. The second-order valence-corrected chi connectivity index (χ2v) is 3.44. The summed E-state index contributed by atoms with van der Waals surface area (Å²) < 4.78 is 0. The van der Waals surface area contributed by atoms with Crippen molar-refractivity contribution in [2.75, 3.05) is 0 Å². The van der Waals surface area contributed by atoms with Crippen LogP contribution < -0.4 is 5.32 Å². The van der Waals surface area contributed by atoms with E-state index in [-0.39, 0.29) is 0 Å². The highest BCUT2D eigenvalue weighted by molar-refractivity contribution is 6.22. The molecule has 0 saturated heterocycles. The summed E-state index contributed by atoms with van der Waals surface area (Å²) in [5.41, 5.74) is 1.66. The molecular formula is C11H8ClN3. The van der Waals surface area contributed by atoms with Gasteiger partial charge in [0.05, 0.1) is 11.3 Å². The molecule has 1 atom stereocenters. The molecule has 1 aromatic rings. The lowest BCUT2D eigenvalue weighted by Gasteiger charge is -2.17. The molecule has 0 radical (unpaired) electrons. The highest BCUT2D eigenvalue weighted by Gasteiger charge is 2.15. The lowest BCUT2D eigenvalue weighted by Crippen LogP contribution is -2.25. The van der Waals surface area contributed by atoms with Gasteiger partial charge in [0.25, 0.3) is 0 Å². The lowest BCUT2D eigenvalue weighted by atomic mass is 10.1. The molecule has 1 heterocycles. The SMILES string of the molecule is N#CC1=C(c2ccccc2)NC(Cl)N=C1. The number of nitriles is 1. The molecule has 3 nitrogen and oxygen atoms in total. The van der Waals surface area contributed by atoms with E-state index in [0.29, 0.717) is 5.57 Å². The average molecular weight is 218 g/mol. The first-order valence-corrected chi connectivity index (χ1v) is 4.88. The molecular weight excluding hydrogens is 210 g/mol. The maximum absolute atomic E-state index is 8.93. The molecule has 0 bridgehead atoms. The van der Waals surface area contributed by atoms with Gasteiger partial charge >= 0.3 is 0 Å². The summed E-state index contributed by atoms with van der Waals surface area (Å²) >= 11 is 5.83. The van der Waals surface area contributed by atoms with Gasteiger partial charge in [-0.25, -0.2) is 0 Å². The first-order chi connectivity index (χ1) is 7.31. The van der Waals surface area contributed by atoms with Gasteiger partial charge in [-0.2, -0.15) is 5.26 Å². The first kappa shape index (κ1) is 9.75. The number of rotatable bonds is 1. The van der Waals surface area contributed by atoms with Crippen LogP contribution >= 0.6 is 11.6 Å². The van der Waals surface area contributed by atoms with Crippen LogP contribution in [-0.2, 0) is 0 Å². The predicted molar refractivity (Wildman–Crippen MR) is 60.2 cm³/mol. The summed E-state index contributed by atoms with van der Waals surface area (Å²) in [7, 11) is 0. The Kier molecular flexibility index (Phi) is 2.70.